The third-order valence-electron chi connectivity index (χ3n) is 1.09. The lowest BCUT2D eigenvalue weighted by Gasteiger charge is -1.92. The maximum atomic E-state index is 8.53. The summed E-state index contributed by atoms with van der Waals surface area (Å²) in [5.41, 5.74) is 0.867. The molecule has 0 bridgehead atoms. The number of nitriles is 2. The molecule has 3 nitrogen and oxygen atoms in total. The molecule has 0 N–H and O–H groups in total. The molecule has 0 aromatic carbocycles. The zero-order valence-electron chi connectivity index (χ0n) is 5.37. The van der Waals surface area contributed by atoms with Crippen molar-refractivity contribution in [2.45, 2.75) is 0 Å². The van der Waals surface area contributed by atoms with Gasteiger partial charge in [0.05, 0.1) is 11.1 Å². The van der Waals surface area contributed by atoms with Gasteiger partial charge in [0.25, 0.3) is 0 Å². The average Bonchev–Trinajstić information content (AvgIpc) is 2.05. The maximum Gasteiger partial charge on any atom is 0.119 e. The third kappa shape index (κ3) is 1.66. The fourth-order valence-electron chi connectivity index (χ4n) is 0.588. The van der Waals surface area contributed by atoms with Gasteiger partial charge in [0, 0.05) is 6.20 Å². The van der Waals surface area contributed by atoms with Gasteiger partial charge in [-0.1, -0.05) is 0 Å². The highest BCUT2D eigenvalue weighted by atomic mass is 127. The van der Waals surface area contributed by atoms with Crippen molar-refractivity contribution >= 4 is 22.6 Å². The van der Waals surface area contributed by atoms with Crippen LogP contribution < -0.4 is 0 Å². The number of halogens is 1. The fourth-order valence-corrected chi connectivity index (χ4v) is 1.00. The summed E-state index contributed by atoms with van der Waals surface area (Å²) in [5.74, 6) is 0. The number of nitrogens with zero attached hydrogens (tertiary/aromatic N) is 3. The Morgan fingerprint density at radius 2 is 2.09 bits per heavy atom. The van der Waals surface area contributed by atoms with Crippen LogP contribution in [0, 0.1) is 26.4 Å². The molecule has 0 radical (unpaired) electrons. The molecule has 1 heterocycles. The minimum Gasteiger partial charge on any atom is -0.248 e. The van der Waals surface area contributed by atoms with E-state index in [2.05, 4.69) is 4.98 Å². The Bertz CT molecular complexity index is 359. The molecule has 11 heavy (non-hydrogen) atoms. The molecule has 0 aliphatic heterocycles. The molecular weight excluding hydrogens is 253 g/mol. The van der Waals surface area contributed by atoms with Crippen molar-refractivity contribution in [3.05, 3.63) is 27.1 Å². The highest BCUT2D eigenvalue weighted by Crippen LogP contribution is 2.08. The van der Waals surface area contributed by atoms with E-state index in [1.54, 1.807) is 0 Å². The predicted octanol–water partition coefficient (Wildman–Crippen LogP) is 1.43. The summed E-state index contributed by atoms with van der Waals surface area (Å²) in [5, 5.41) is 17.0. The Hall–Kier alpha value is -1.14. The van der Waals surface area contributed by atoms with Gasteiger partial charge in [0.15, 0.2) is 0 Å². The van der Waals surface area contributed by atoms with Gasteiger partial charge in [0.2, 0.25) is 0 Å². The SMILES string of the molecule is N#Cc1cnc(I)c(C#N)c1. The summed E-state index contributed by atoms with van der Waals surface area (Å²) in [6.45, 7) is 0. The monoisotopic (exact) mass is 255 g/mol. The number of aromatic nitrogens is 1. The highest BCUT2D eigenvalue weighted by molar-refractivity contribution is 14.1. The van der Waals surface area contributed by atoms with Crippen LogP contribution in [0.4, 0.5) is 0 Å². The van der Waals surface area contributed by atoms with E-state index in [1.165, 1.54) is 12.3 Å². The van der Waals surface area contributed by atoms with Crippen molar-refractivity contribution in [3.63, 3.8) is 0 Å². The Labute approximate surface area is 77.4 Å². The first-order valence-corrected chi connectivity index (χ1v) is 3.81. The van der Waals surface area contributed by atoms with Crippen molar-refractivity contribution in [2.75, 3.05) is 0 Å². The van der Waals surface area contributed by atoms with Gasteiger partial charge in [-0.3, -0.25) is 0 Å². The van der Waals surface area contributed by atoms with Crippen LogP contribution >= 0.6 is 22.6 Å². The minimum absolute atomic E-state index is 0.418. The van der Waals surface area contributed by atoms with Crippen LogP contribution in [-0.2, 0) is 0 Å². The molecule has 1 aromatic rings. The number of hydrogen-bond acceptors (Lipinski definition) is 3. The Kier molecular flexibility index (Phi) is 2.40. The largest absolute Gasteiger partial charge is 0.248 e. The van der Waals surface area contributed by atoms with E-state index >= 15 is 0 Å². The Balaban J connectivity index is 3.29. The fraction of sp³-hybridized carbons (Fsp3) is 0. The third-order valence-corrected chi connectivity index (χ3v) is 1.95. The molecule has 0 fully saturated rings. The van der Waals surface area contributed by atoms with E-state index in [-0.39, 0.29) is 0 Å². The van der Waals surface area contributed by atoms with Crippen molar-refractivity contribution in [3.8, 4) is 12.1 Å². The van der Waals surface area contributed by atoms with Gasteiger partial charge in [-0.15, -0.1) is 0 Å². The van der Waals surface area contributed by atoms with E-state index in [4.69, 9.17) is 10.5 Å². The second-order valence-electron chi connectivity index (χ2n) is 1.79. The molecule has 0 saturated carbocycles. The molecule has 0 saturated heterocycles. The molecule has 0 atom stereocenters. The van der Waals surface area contributed by atoms with Crippen LogP contribution in [0.5, 0.6) is 0 Å². The standard InChI is InChI=1S/C7H2IN3/c8-7-6(3-10)1-5(2-9)4-11-7/h1,4H. The number of pyridine rings is 1. The lowest BCUT2D eigenvalue weighted by Crippen LogP contribution is -1.88. The molecule has 0 spiro atoms. The normalized spacial score (nSPS) is 8.27. The maximum absolute atomic E-state index is 8.53. The topological polar surface area (TPSA) is 60.5 Å². The summed E-state index contributed by atoms with van der Waals surface area (Å²) < 4.78 is 0.629. The zero-order chi connectivity index (χ0) is 8.27. The Morgan fingerprint density at radius 1 is 1.36 bits per heavy atom. The van der Waals surface area contributed by atoms with Crippen molar-refractivity contribution in [1.82, 2.24) is 4.98 Å². The van der Waals surface area contributed by atoms with Crippen LogP contribution in [0.3, 0.4) is 0 Å². The second kappa shape index (κ2) is 3.31. The van der Waals surface area contributed by atoms with Crippen LogP contribution in [0.2, 0.25) is 0 Å². The average molecular weight is 255 g/mol. The lowest BCUT2D eigenvalue weighted by molar-refractivity contribution is 1.23. The van der Waals surface area contributed by atoms with E-state index in [0.717, 1.165) is 0 Å². The predicted molar refractivity (Wildman–Crippen MR) is 46.4 cm³/mol. The zero-order valence-corrected chi connectivity index (χ0v) is 7.53. The van der Waals surface area contributed by atoms with Crippen molar-refractivity contribution < 1.29 is 0 Å². The Morgan fingerprint density at radius 3 is 2.64 bits per heavy atom. The number of hydrogen-bond donors (Lipinski definition) is 0. The molecule has 1 rings (SSSR count). The van der Waals surface area contributed by atoms with Crippen LogP contribution in [-0.4, -0.2) is 4.98 Å². The van der Waals surface area contributed by atoms with Crippen molar-refractivity contribution in [1.29, 1.82) is 10.5 Å². The van der Waals surface area contributed by atoms with Crippen molar-refractivity contribution in [2.24, 2.45) is 0 Å². The molecule has 0 amide bonds. The van der Waals surface area contributed by atoms with E-state index < -0.39 is 0 Å². The van der Waals surface area contributed by atoms with E-state index in [0.29, 0.717) is 14.8 Å². The molecule has 0 aliphatic carbocycles. The molecular formula is C7H2IN3. The van der Waals surface area contributed by atoms with Gasteiger partial charge in [-0.2, -0.15) is 10.5 Å². The lowest BCUT2D eigenvalue weighted by atomic mass is 10.2. The molecule has 1 aromatic heterocycles. The second-order valence-corrected chi connectivity index (χ2v) is 2.81. The summed E-state index contributed by atoms with van der Waals surface area (Å²) in [7, 11) is 0. The molecule has 4 heteroatoms. The minimum atomic E-state index is 0.418. The molecule has 52 valence electrons. The quantitative estimate of drug-likeness (QED) is 0.520. The summed E-state index contributed by atoms with van der Waals surface area (Å²) in [6, 6.07) is 5.38. The van der Waals surface area contributed by atoms with Gasteiger partial charge < -0.3 is 0 Å². The first-order chi connectivity index (χ1) is 5.27. The van der Waals surface area contributed by atoms with Gasteiger partial charge in [-0.05, 0) is 28.7 Å². The first-order valence-electron chi connectivity index (χ1n) is 2.73. The van der Waals surface area contributed by atoms with Gasteiger partial charge in [-0.25, -0.2) is 4.98 Å². The first kappa shape index (κ1) is 7.96. The van der Waals surface area contributed by atoms with Crippen LogP contribution in [0.15, 0.2) is 12.3 Å². The molecule has 0 aliphatic rings. The summed E-state index contributed by atoms with van der Waals surface area (Å²) in [4.78, 5) is 3.86. The highest BCUT2D eigenvalue weighted by Gasteiger charge is 2.00. The van der Waals surface area contributed by atoms with Crippen LogP contribution in [0.1, 0.15) is 11.1 Å². The smallest absolute Gasteiger partial charge is 0.119 e. The summed E-state index contributed by atoms with van der Waals surface area (Å²) >= 11 is 1.95. The van der Waals surface area contributed by atoms with Gasteiger partial charge in [0.1, 0.15) is 15.8 Å². The van der Waals surface area contributed by atoms with E-state index in [1.807, 2.05) is 34.7 Å². The van der Waals surface area contributed by atoms with Crippen LogP contribution in [0.25, 0.3) is 0 Å². The number of rotatable bonds is 0. The summed E-state index contributed by atoms with van der Waals surface area (Å²) in [6.07, 6.45) is 1.45. The van der Waals surface area contributed by atoms with Gasteiger partial charge >= 0.3 is 0 Å². The molecule has 0 unspecified atom stereocenters. The van der Waals surface area contributed by atoms with E-state index in [9.17, 15) is 0 Å².